The number of amides is 2. The highest BCUT2D eigenvalue weighted by Crippen LogP contribution is 2.30. The van der Waals surface area contributed by atoms with Crippen molar-refractivity contribution < 1.29 is 19.3 Å². The number of rotatable bonds is 6. The Balaban J connectivity index is 2.12. The van der Waals surface area contributed by atoms with E-state index < -0.39 is 5.25 Å². The van der Waals surface area contributed by atoms with Gasteiger partial charge in [-0.05, 0) is 56.8 Å². The monoisotopic (exact) mass is 350 g/mol. The zero-order valence-electron chi connectivity index (χ0n) is 14.3. The van der Waals surface area contributed by atoms with Crippen LogP contribution in [0.5, 0.6) is 5.75 Å². The summed E-state index contributed by atoms with van der Waals surface area (Å²) in [7, 11) is 0. The number of ether oxygens (including phenoxy) is 1. The van der Waals surface area contributed by atoms with E-state index in [9.17, 15) is 9.59 Å². The van der Waals surface area contributed by atoms with E-state index in [1.54, 1.807) is 24.3 Å². The minimum absolute atomic E-state index is 0.172. The van der Waals surface area contributed by atoms with Crippen LogP contribution in [0, 0.1) is 0 Å². The molecule has 7 heteroatoms. The van der Waals surface area contributed by atoms with Gasteiger partial charge in [0.25, 0.3) is 0 Å². The molecule has 6 nitrogen and oxygen atoms in total. The second-order valence-electron chi connectivity index (χ2n) is 5.19. The second-order valence-corrected chi connectivity index (χ2v) is 6.41. The predicted molar refractivity (Wildman–Crippen MR) is 96.3 cm³/mol. The van der Waals surface area contributed by atoms with E-state index >= 15 is 0 Å². The molecule has 1 heterocycles. The standard InChI is InChI=1S/C17H23N3O3S/c1-4-18-17(19-5-2)24-14-11-15(21)20(16(14)22)12-7-9-13(10-8-12)23-6-3/h7-10,14H,4-6,11H2,1-3H3,(H,18,19)/p+1/t14-/m0/s1. The number of amidine groups is 1. The first-order valence-electron chi connectivity index (χ1n) is 8.21. The fourth-order valence-corrected chi connectivity index (χ4v) is 3.61. The fraction of sp³-hybridized carbons (Fsp3) is 0.471. The maximum absolute atomic E-state index is 12.7. The summed E-state index contributed by atoms with van der Waals surface area (Å²) in [6.07, 6.45) is 0.205. The number of carbonyl (C=O) groups excluding carboxylic acids is 2. The first-order chi connectivity index (χ1) is 11.6. The summed E-state index contributed by atoms with van der Waals surface area (Å²) in [5, 5.41) is 3.62. The Morgan fingerprint density at radius 3 is 2.58 bits per heavy atom. The molecule has 1 saturated heterocycles. The topological polar surface area (TPSA) is 72.6 Å². The summed E-state index contributed by atoms with van der Waals surface area (Å²) in [6.45, 7) is 7.98. The van der Waals surface area contributed by atoms with Crippen molar-refractivity contribution in [1.82, 2.24) is 5.32 Å². The van der Waals surface area contributed by atoms with Gasteiger partial charge in [-0.15, -0.1) is 0 Å². The molecule has 0 radical (unpaired) electrons. The van der Waals surface area contributed by atoms with Crippen molar-refractivity contribution in [3.05, 3.63) is 24.3 Å². The molecule has 0 unspecified atom stereocenters. The van der Waals surface area contributed by atoms with E-state index in [2.05, 4.69) is 10.3 Å². The van der Waals surface area contributed by atoms with Crippen LogP contribution in [0.2, 0.25) is 0 Å². The minimum atomic E-state index is -0.405. The Hall–Kier alpha value is -2.02. The maximum atomic E-state index is 12.7. The van der Waals surface area contributed by atoms with Crippen molar-refractivity contribution in [1.29, 1.82) is 0 Å². The maximum Gasteiger partial charge on any atom is 0.304 e. The molecule has 2 amide bonds. The number of anilines is 1. The van der Waals surface area contributed by atoms with Gasteiger partial charge in [0.2, 0.25) is 11.8 Å². The number of thioether (sulfide) groups is 1. The van der Waals surface area contributed by atoms with Gasteiger partial charge in [-0.1, -0.05) is 0 Å². The lowest BCUT2D eigenvalue weighted by Gasteiger charge is -2.15. The first kappa shape index (κ1) is 18.3. The third-order valence-electron chi connectivity index (χ3n) is 3.45. The van der Waals surface area contributed by atoms with Gasteiger partial charge >= 0.3 is 5.17 Å². The molecular formula is C17H24N3O3S+. The lowest BCUT2D eigenvalue weighted by Crippen LogP contribution is -2.74. The van der Waals surface area contributed by atoms with Gasteiger partial charge in [0, 0.05) is 6.42 Å². The molecule has 0 aliphatic carbocycles. The van der Waals surface area contributed by atoms with Crippen LogP contribution in [0.1, 0.15) is 27.2 Å². The highest BCUT2D eigenvalue weighted by atomic mass is 32.2. The van der Waals surface area contributed by atoms with Gasteiger partial charge < -0.3 is 4.74 Å². The van der Waals surface area contributed by atoms with Crippen LogP contribution < -0.4 is 19.9 Å². The molecule has 0 aromatic heterocycles. The fourth-order valence-electron chi connectivity index (χ4n) is 2.43. The Labute approximate surface area is 146 Å². The second kappa shape index (κ2) is 8.73. The van der Waals surface area contributed by atoms with Gasteiger partial charge in [0.1, 0.15) is 11.0 Å². The molecule has 0 bridgehead atoms. The lowest BCUT2D eigenvalue weighted by molar-refractivity contribution is -0.451. The summed E-state index contributed by atoms with van der Waals surface area (Å²) in [6, 6.07) is 7.03. The number of carbonyl (C=O) groups is 2. The van der Waals surface area contributed by atoms with Gasteiger partial charge in [0.15, 0.2) is 0 Å². The lowest BCUT2D eigenvalue weighted by atomic mass is 10.3. The quantitative estimate of drug-likeness (QED) is 0.444. The van der Waals surface area contributed by atoms with Crippen molar-refractivity contribution in [2.75, 3.05) is 24.6 Å². The van der Waals surface area contributed by atoms with Crippen LogP contribution in [0.3, 0.4) is 0 Å². The minimum Gasteiger partial charge on any atom is -0.494 e. The molecule has 2 N–H and O–H groups in total. The predicted octanol–water partition coefficient (Wildman–Crippen LogP) is 0.516. The zero-order chi connectivity index (χ0) is 17.5. The highest BCUT2D eigenvalue weighted by molar-refractivity contribution is 8.14. The molecule has 0 spiro atoms. The smallest absolute Gasteiger partial charge is 0.304 e. The van der Waals surface area contributed by atoms with Crippen molar-refractivity contribution >= 4 is 34.4 Å². The molecule has 2 rings (SSSR count). The van der Waals surface area contributed by atoms with Crippen LogP contribution in [0.25, 0.3) is 0 Å². The number of benzene rings is 1. The molecule has 1 atom stereocenters. The SMILES string of the molecule is CCNC(=[NH+]CC)S[C@H]1CC(=O)N(c2ccc(OCC)cc2)C1=O. The van der Waals surface area contributed by atoms with Crippen LogP contribution in [-0.2, 0) is 9.59 Å². The summed E-state index contributed by atoms with van der Waals surface area (Å²) in [5.74, 6) is 0.373. The van der Waals surface area contributed by atoms with E-state index in [1.165, 1.54) is 16.7 Å². The Bertz CT molecular complexity index is 616. The number of hydrogen-bond donors (Lipinski definition) is 2. The van der Waals surface area contributed by atoms with E-state index in [-0.39, 0.29) is 18.2 Å². The third kappa shape index (κ3) is 4.29. The molecule has 1 aromatic rings. The van der Waals surface area contributed by atoms with Crippen molar-refractivity contribution in [3.8, 4) is 5.75 Å². The number of nitrogens with one attached hydrogen (secondary N) is 2. The molecular weight excluding hydrogens is 326 g/mol. The van der Waals surface area contributed by atoms with Crippen LogP contribution in [-0.4, -0.2) is 41.9 Å². The molecule has 0 saturated carbocycles. The number of nitrogens with zero attached hydrogens (tertiary/aromatic N) is 1. The highest BCUT2D eigenvalue weighted by Gasteiger charge is 2.41. The number of imide groups is 1. The Morgan fingerprint density at radius 1 is 1.29 bits per heavy atom. The van der Waals surface area contributed by atoms with Gasteiger partial charge in [0.05, 0.1) is 25.4 Å². The van der Waals surface area contributed by atoms with E-state index in [1.807, 2.05) is 20.8 Å². The largest absolute Gasteiger partial charge is 0.494 e. The molecule has 1 fully saturated rings. The Kier molecular flexibility index (Phi) is 6.66. The molecule has 1 aromatic carbocycles. The average molecular weight is 350 g/mol. The molecule has 1 aliphatic heterocycles. The van der Waals surface area contributed by atoms with E-state index in [4.69, 9.17) is 4.74 Å². The summed E-state index contributed by atoms with van der Waals surface area (Å²) >= 11 is 1.38. The average Bonchev–Trinajstić information content (AvgIpc) is 2.83. The van der Waals surface area contributed by atoms with E-state index in [0.29, 0.717) is 12.3 Å². The van der Waals surface area contributed by atoms with E-state index in [0.717, 1.165) is 24.0 Å². The Morgan fingerprint density at radius 2 is 2.00 bits per heavy atom. The van der Waals surface area contributed by atoms with Gasteiger partial charge in [-0.2, -0.15) is 0 Å². The van der Waals surface area contributed by atoms with Crippen LogP contribution in [0.4, 0.5) is 5.69 Å². The van der Waals surface area contributed by atoms with Gasteiger partial charge in [-0.25, -0.2) is 4.90 Å². The third-order valence-corrected chi connectivity index (χ3v) is 4.62. The number of hydrogen-bond acceptors (Lipinski definition) is 4. The molecule has 24 heavy (non-hydrogen) atoms. The summed E-state index contributed by atoms with van der Waals surface area (Å²) in [5.41, 5.74) is 0.588. The van der Waals surface area contributed by atoms with Crippen LogP contribution >= 0.6 is 11.8 Å². The first-order valence-corrected chi connectivity index (χ1v) is 9.09. The van der Waals surface area contributed by atoms with Gasteiger partial charge in [-0.3, -0.25) is 19.9 Å². The molecule has 130 valence electrons. The van der Waals surface area contributed by atoms with Crippen LogP contribution in [0.15, 0.2) is 24.3 Å². The van der Waals surface area contributed by atoms with Crippen molar-refractivity contribution in [2.45, 2.75) is 32.4 Å². The summed E-state index contributed by atoms with van der Waals surface area (Å²) < 4.78 is 5.39. The van der Waals surface area contributed by atoms with Crippen molar-refractivity contribution in [2.24, 2.45) is 0 Å². The summed E-state index contributed by atoms with van der Waals surface area (Å²) in [4.78, 5) is 29.4. The normalized spacial score (nSPS) is 18.2. The van der Waals surface area contributed by atoms with Crippen molar-refractivity contribution in [3.63, 3.8) is 0 Å². The zero-order valence-corrected chi connectivity index (χ0v) is 15.1. The molecule has 1 aliphatic rings.